The van der Waals surface area contributed by atoms with Crippen LogP contribution in [0.3, 0.4) is 0 Å². The highest BCUT2D eigenvalue weighted by molar-refractivity contribution is 5.66. The Hall–Kier alpha value is -1.69. The molecule has 0 radical (unpaired) electrons. The van der Waals surface area contributed by atoms with E-state index in [0.717, 1.165) is 12.8 Å². The summed E-state index contributed by atoms with van der Waals surface area (Å²) in [5, 5.41) is 39.0. The van der Waals surface area contributed by atoms with E-state index >= 15 is 0 Å². The van der Waals surface area contributed by atoms with Crippen LogP contribution in [0.25, 0.3) is 0 Å². The predicted octanol–water partition coefficient (Wildman–Crippen LogP) is 3.38. The molecule has 4 N–H and O–H groups in total. The van der Waals surface area contributed by atoms with Crippen molar-refractivity contribution in [3.05, 3.63) is 48.6 Å². The molecule has 0 aromatic rings. The topological polar surface area (TPSA) is 98.0 Å². The highest BCUT2D eigenvalue weighted by Crippen LogP contribution is 2.36. The molecule has 1 fully saturated rings. The van der Waals surface area contributed by atoms with Crippen molar-refractivity contribution in [1.29, 1.82) is 0 Å². The zero-order valence-electron chi connectivity index (χ0n) is 16.2. The highest BCUT2D eigenvalue weighted by Gasteiger charge is 2.39. The van der Waals surface area contributed by atoms with Gasteiger partial charge in [0.2, 0.25) is 0 Å². The molecule has 1 saturated carbocycles. The summed E-state index contributed by atoms with van der Waals surface area (Å²) in [5.74, 6) is -1.07. The summed E-state index contributed by atoms with van der Waals surface area (Å²) < 4.78 is 0. The molecule has 27 heavy (non-hydrogen) atoms. The van der Waals surface area contributed by atoms with Crippen molar-refractivity contribution in [2.45, 2.75) is 70.2 Å². The minimum atomic E-state index is -0.838. The third-order valence-electron chi connectivity index (χ3n) is 4.79. The van der Waals surface area contributed by atoms with Gasteiger partial charge in [-0.25, -0.2) is 0 Å². The summed E-state index contributed by atoms with van der Waals surface area (Å²) in [6.07, 6.45) is 17.4. The Morgan fingerprint density at radius 3 is 2.52 bits per heavy atom. The first-order valence-corrected chi connectivity index (χ1v) is 9.85. The molecule has 0 spiro atoms. The fraction of sp³-hybridized carbons (Fsp3) is 0.591. The van der Waals surface area contributed by atoms with Gasteiger partial charge in [-0.05, 0) is 38.0 Å². The molecule has 0 unspecified atom stereocenters. The molecule has 152 valence electrons. The van der Waals surface area contributed by atoms with Crippen LogP contribution in [0.15, 0.2) is 48.6 Å². The number of hydrogen-bond donors (Lipinski definition) is 4. The van der Waals surface area contributed by atoms with Gasteiger partial charge in [0.15, 0.2) is 0 Å². The van der Waals surface area contributed by atoms with E-state index in [1.807, 2.05) is 12.2 Å². The molecule has 0 saturated heterocycles. The minimum Gasteiger partial charge on any atom is -0.481 e. The summed E-state index contributed by atoms with van der Waals surface area (Å²) in [4.78, 5) is 10.4. The number of allylic oxidation sites excluding steroid dienone is 5. The molecule has 5 heteroatoms. The molecule has 5 atom stereocenters. The van der Waals surface area contributed by atoms with Crippen LogP contribution in [0.2, 0.25) is 0 Å². The number of hydrogen-bond acceptors (Lipinski definition) is 4. The predicted molar refractivity (Wildman–Crippen MR) is 107 cm³/mol. The Labute approximate surface area is 162 Å². The molecule has 1 aliphatic rings. The van der Waals surface area contributed by atoms with E-state index in [1.165, 1.54) is 0 Å². The second-order valence-corrected chi connectivity index (χ2v) is 7.03. The molecule has 0 aromatic heterocycles. The molecular formula is C22H34O5. The Balaban J connectivity index is 2.49. The van der Waals surface area contributed by atoms with Crippen molar-refractivity contribution >= 4 is 5.97 Å². The Morgan fingerprint density at radius 2 is 1.81 bits per heavy atom. The number of carboxylic acid groups (broad SMARTS) is 1. The van der Waals surface area contributed by atoms with Crippen LogP contribution in [0.5, 0.6) is 0 Å². The van der Waals surface area contributed by atoms with Crippen molar-refractivity contribution in [2.24, 2.45) is 11.8 Å². The number of aliphatic hydroxyl groups excluding tert-OH is 3. The molecule has 0 aliphatic heterocycles. The average molecular weight is 379 g/mol. The Bertz CT molecular complexity index is 535. The third-order valence-corrected chi connectivity index (χ3v) is 4.79. The molecule has 1 aliphatic carbocycles. The monoisotopic (exact) mass is 378 g/mol. The minimum absolute atomic E-state index is 0.0547. The zero-order valence-corrected chi connectivity index (χ0v) is 16.2. The van der Waals surface area contributed by atoms with Crippen molar-refractivity contribution in [2.75, 3.05) is 0 Å². The van der Waals surface area contributed by atoms with Gasteiger partial charge in [-0.1, -0.05) is 55.5 Å². The van der Waals surface area contributed by atoms with Crippen LogP contribution in [0.1, 0.15) is 51.9 Å². The number of aliphatic carboxylic acids is 1. The second-order valence-electron chi connectivity index (χ2n) is 7.03. The largest absolute Gasteiger partial charge is 0.481 e. The maximum Gasteiger partial charge on any atom is 0.303 e. The van der Waals surface area contributed by atoms with Crippen LogP contribution in [-0.4, -0.2) is 44.7 Å². The lowest BCUT2D eigenvalue weighted by Gasteiger charge is -2.19. The highest BCUT2D eigenvalue weighted by atomic mass is 16.4. The molecule has 0 amide bonds. The first-order chi connectivity index (χ1) is 13.0. The van der Waals surface area contributed by atoms with Crippen molar-refractivity contribution in [3.63, 3.8) is 0 Å². The van der Waals surface area contributed by atoms with E-state index in [9.17, 15) is 20.1 Å². The maximum atomic E-state index is 10.4. The summed E-state index contributed by atoms with van der Waals surface area (Å²) in [6, 6.07) is 0. The van der Waals surface area contributed by atoms with Gasteiger partial charge in [-0.3, -0.25) is 4.79 Å². The average Bonchev–Trinajstić information content (AvgIpc) is 2.88. The quantitative estimate of drug-likeness (QED) is 0.390. The summed E-state index contributed by atoms with van der Waals surface area (Å²) in [7, 11) is 0. The van der Waals surface area contributed by atoms with Gasteiger partial charge >= 0.3 is 5.97 Å². The van der Waals surface area contributed by atoms with Gasteiger partial charge in [0, 0.05) is 18.8 Å². The number of rotatable bonds is 12. The van der Waals surface area contributed by atoms with Gasteiger partial charge in [0.05, 0.1) is 18.3 Å². The van der Waals surface area contributed by atoms with Crippen molar-refractivity contribution in [1.82, 2.24) is 0 Å². The van der Waals surface area contributed by atoms with Crippen molar-refractivity contribution < 1.29 is 25.2 Å². The van der Waals surface area contributed by atoms with E-state index in [-0.39, 0.29) is 18.3 Å². The van der Waals surface area contributed by atoms with Crippen LogP contribution < -0.4 is 0 Å². The van der Waals surface area contributed by atoms with Gasteiger partial charge in [0.25, 0.3) is 0 Å². The summed E-state index contributed by atoms with van der Waals surface area (Å²) >= 11 is 0. The Kier molecular flexibility index (Phi) is 11.7. The van der Waals surface area contributed by atoms with Crippen LogP contribution >= 0.6 is 0 Å². The fourth-order valence-electron chi connectivity index (χ4n) is 3.29. The van der Waals surface area contributed by atoms with Crippen LogP contribution in [0, 0.1) is 11.8 Å². The lowest BCUT2D eigenvalue weighted by atomic mass is 9.89. The van der Waals surface area contributed by atoms with E-state index in [0.29, 0.717) is 25.7 Å². The van der Waals surface area contributed by atoms with Crippen LogP contribution in [0.4, 0.5) is 0 Å². The zero-order chi connectivity index (χ0) is 20.1. The fourth-order valence-corrected chi connectivity index (χ4v) is 3.29. The Morgan fingerprint density at radius 1 is 1.07 bits per heavy atom. The smallest absolute Gasteiger partial charge is 0.303 e. The summed E-state index contributed by atoms with van der Waals surface area (Å²) in [5.41, 5.74) is 0. The molecule has 0 aromatic carbocycles. The lowest BCUT2D eigenvalue weighted by molar-refractivity contribution is -0.136. The number of carbonyl (C=O) groups is 1. The summed E-state index contributed by atoms with van der Waals surface area (Å²) in [6.45, 7) is 2.09. The van der Waals surface area contributed by atoms with E-state index in [1.54, 1.807) is 18.2 Å². The molecular weight excluding hydrogens is 344 g/mol. The van der Waals surface area contributed by atoms with Crippen LogP contribution in [-0.2, 0) is 4.79 Å². The number of carboxylic acids is 1. The molecule has 5 nitrogen and oxygen atoms in total. The number of aliphatic hydroxyl groups is 3. The van der Waals surface area contributed by atoms with Gasteiger partial charge < -0.3 is 20.4 Å². The van der Waals surface area contributed by atoms with E-state index in [2.05, 4.69) is 25.2 Å². The normalized spacial score (nSPS) is 27.6. The first kappa shape index (κ1) is 23.3. The van der Waals surface area contributed by atoms with Gasteiger partial charge in [-0.2, -0.15) is 0 Å². The third kappa shape index (κ3) is 9.70. The SMILES string of the molecule is CC/C=C\C/C=C\C[C@@H]1[C@H](/C=C/[C@H](O)C/C=C\CCC(=O)O)[C@@H](O)C[C@H]1O. The van der Waals surface area contributed by atoms with Crippen molar-refractivity contribution in [3.8, 4) is 0 Å². The molecule has 1 rings (SSSR count). The maximum absolute atomic E-state index is 10.4. The molecule has 0 heterocycles. The van der Waals surface area contributed by atoms with Gasteiger partial charge in [-0.15, -0.1) is 0 Å². The first-order valence-electron chi connectivity index (χ1n) is 9.85. The second kappa shape index (κ2) is 13.5. The van der Waals surface area contributed by atoms with Gasteiger partial charge in [0.1, 0.15) is 0 Å². The van der Waals surface area contributed by atoms with E-state index < -0.39 is 24.3 Å². The van der Waals surface area contributed by atoms with E-state index in [4.69, 9.17) is 5.11 Å². The molecule has 0 bridgehead atoms. The standard InChI is InChI=1S/C22H34O5/c1-2-3-4-5-6-9-12-18-19(21(25)16-20(18)24)15-14-17(23)11-8-7-10-13-22(26)27/h3-4,6-9,14-15,17-21,23-25H,2,5,10-13,16H2,1H3,(H,26,27)/b4-3-,8-7-,9-6-,15-14+/t17-,18-,19+,20-,21+/m1/s1. The lowest BCUT2D eigenvalue weighted by Crippen LogP contribution is -2.20.